The molecule has 1 aromatic carbocycles. The first-order valence-corrected chi connectivity index (χ1v) is 7.78. The molecule has 130 valence electrons. The monoisotopic (exact) mass is 356 g/mol. The molecule has 0 heterocycles. The van der Waals surface area contributed by atoms with Crippen molar-refractivity contribution in [2.24, 2.45) is 0 Å². The zero-order chi connectivity index (χ0) is 17.8. The summed E-state index contributed by atoms with van der Waals surface area (Å²) >= 11 is 0. The van der Waals surface area contributed by atoms with Gasteiger partial charge in [0.15, 0.2) is 11.5 Å². The van der Waals surface area contributed by atoms with Gasteiger partial charge in [0.05, 0.1) is 19.8 Å². The van der Waals surface area contributed by atoms with Gasteiger partial charge in [0, 0.05) is 5.56 Å². The lowest BCUT2D eigenvalue weighted by molar-refractivity contribution is -0.0500. The number of benzene rings is 1. The van der Waals surface area contributed by atoms with Gasteiger partial charge in [-0.3, -0.25) is 0 Å². The van der Waals surface area contributed by atoms with Gasteiger partial charge in [0.25, 0.3) is 0 Å². The zero-order valence-corrected chi connectivity index (χ0v) is 13.4. The van der Waals surface area contributed by atoms with Crippen LogP contribution >= 0.6 is 0 Å². The van der Waals surface area contributed by atoms with Crippen LogP contribution in [0.15, 0.2) is 12.1 Å². The van der Waals surface area contributed by atoms with Crippen LogP contribution in [0.5, 0.6) is 11.5 Å². The van der Waals surface area contributed by atoms with Gasteiger partial charge in [-0.05, 0) is 18.6 Å². The van der Waals surface area contributed by atoms with Crippen molar-refractivity contribution in [2.45, 2.75) is 25.3 Å². The van der Waals surface area contributed by atoms with E-state index in [2.05, 4.69) is 8.92 Å². The Hall–Kier alpha value is -1.97. The summed E-state index contributed by atoms with van der Waals surface area (Å²) in [5.74, 6) is -1.66. The Bertz CT molecular complexity index is 682. The molecule has 0 atom stereocenters. The number of carbonyl (C=O) groups excluding carboxylic acids is 1. The van der Waals surface area contributed by atoms with Gasteiger partial charge >= 0.3 is 21.6 Å². The second kappa shape index (κ2) is 7.07. The summed E-state index contributed by atoms with van der Waals surface area (Å²) in [7, 11) is -3.62. The molecule has 0 aromatic heterocycles. The average molecular weight is 356 g/mol. The number of carbonyl (C=O) groups is 1. The molecule has 1 rings (SSSR count). The van der Waals surface area contributed by atoms with Crippen LogP contribution < -0.4 is 8.92 Å². The fourth-order valence-corrected chi connectivity index (χ4v) is 2.26. The molecule has 6 nitrogen and oxygen atoms in total. The van der Waals surface area contributed by atoms with Crippen LogP contribution in [-0.2, 0) is 21.3 Å². The molecule has 1 aromatic rings. The van der Waals surface area contributed by atoms with Crippen LogP contribution in [0.25, 0.3) is 0 Å². The van der Waals surface area contributed by atoms with Crippen LogP contribution in [0, 0.1) is 0 Å². The van der Waals surface area contributed by atoms with Crippen molar-refractivity contribution in [3.8, 4) is 11.5 Å². The number of rotatable bonds is 6. The Morgan fingerprint density at radius 2 is 1.83 bits per heavy atom. The number of esters is 1. The Kier molecular flexibility index (Phi) is 5.86. The average Bonchev–Trinajstić information content (AvgIpc) is 2.46. The van der Waals surface area contributed by atoms with Crippen molar-refractivity contribution in [3.63, 3.8) is 0 Å². The first-order chi connectivity index (χ1) is 10.6. The third-order valence-corrected chi connectivity index (χ3v) is 3.72. The molecule has 0 radical (unpaired) electrons. The van der Waals surface area contributed by atoms with Crippen LogP contribution in [0.2, 0.25) is 0 Å². The molecule has 0 saturated carbocycles. The van der Waals surface area contributed by atoms with Crippen LogP contribution in [0.1, 0.15) is 29.3 Å². The highest BCUT2D eigenvalue weighted by Crippen LogP contribution is 2.37. The van der Waals surface area contributed by atoms with Crippen molar-refractivity contribution in [3.05, 3.63) is 23.3 Å². The second-order valence-electron chi connectivity index (χ2n) is 4.39. The Balaban J connectivity index is 3.48. The van der Waals surface area contributed by atoms with Gasteiger partial charge in [-0.1, -0.05) is 13.3 Å². The lowest BCUT2D eigenvalue weighted by atomic mass is 10.0. The Labute approximate surface area is 131 Å². The molecule has 0 aliphatic heterocycles. The zero-order valence-electron chi connectivity index (χ0n) is 12.6. The summed E-state index contributed by atoms with van der Waals surface area (Å²) in [6, 6.07) is 2.26. The van der Waals surface area contributed by atoms with E-state index in [-0.39, 0.29) is 23.3 Å². The van der Waals surface area contributed by atoms with E-state index in [1.54, 1.807) is 6.92 Å². The lowest BCUT2D eigenvalue weighted by Crippen LogP contribution is -2.28. The van der Waals surface area contributed by atoms with Gasteiger partial charge in [-0.25, -0.2) is 4.79 Å². The van der Waals surface area contributed by atoms with Gasteiger partial charge in [-0.2, -0.15) is 21.6 Å². The molecule has 0 amide bonds. The highest BCUT2D eigenvalue weighted by atomic mass is 32.2. The highest BCUT2D eigenvalue weighted by molar-refractivity contribution is 7.88. The van der Waals surface area contributed by atoms with Crippen molar-refractivity contribution in [2.75, 3.05) is 14.2 Å². The summed E-state index contributed by atoms with van der Waals surface area (Å²) < 4.78 is 73.6. The van der Waals surface area contributed by atoms with Gasteiger partial charge in [-0.15, -0.1) is 0 Å². The van der Waals surface area contributed by atoms with E-state index in [4.69, 9.17) is 4.74 Å². The van der Waals surface area contributed by atoms with Gasteiger partial charge in [0.1, 0.15) is 0 Å². The van der Waals surface area contributed by atoms with E-state index >= 15 is 0 Å². The van der Waals surface area contributed by atoms with Crippen molar-refractivity contribution in [1.82, 2.24) is 0 Å². The van der Waals surface area contributed by atoms with Crippen molar-refractivity contribution >= 4 is 16.1 Å². The topological polar surface area (TPSA) is 78.9 Å². The second-order valence-corrected chi connectivity index (χ2v) is 5.93. The fraction of sp³-hybridized carbons (Fsp3) is 0.462. The molecular formula is C13H15F3O6S. The number of hydrogen-bond donors (Lipinski definition) is 0. The molecule has 0 fully saturated rings. The third kappa shape index (κ3) is 4.27. The third-order valence-electron chi connectivity index (χ3n) is 2.77. The minimum Gasteiger partial charge on any atom is -0.493 e. The highest BCUT2D eigenvalue weighted by Gasteiger charge is 2.49. The number of alkyl halides is 3. The molecule has 0 aliphatic carbocycles. The normalized spacial score (nSPS) is 11.9. The maximum Gasteiger partial charge on any atom is 0.534 e. The number of aryl methyl sites for hydroxylation is 1. The molecule has 0 aliphatic rings. The minimum absolute atomic E-state index is 0.00422. The van der Waals surface area contributed by atoms with E-state index in [0.29, 0.717) is 6.42 Å². The number of ether oxygens (including phenoxy) is 2. The predicted octanol–water partition coefficient (Wildman–Crippen LogP) is 2.66. The SMILES string of the molecule is CCCc1cc(C(=O)OC)cc(OC)c1OS(=O)(=O)C(F)(F)F. The number of halogens is 3. The summed E-state index contributed by atoms with van der Waals surface area (Å²) in [4.78, 5) is 11.6. The summed E-state index contributed by atoms with van der Waals surface area (Å²) in [5.41, 5.74) is -5.49. The van der Waals surface area contributed by atoms with E-state index in [1.807, 2.05) is 0 Å². The quantitative estimate of drug-likeness (QED) is 0.443. The molecule has 0 bridgehead atoms. The minimum atomic E-state index is -5.86. The Morgan fingerprint density at radius 3 is 2.26 bits per heavy atom. The van der Waals surface area contributed by atoms with Crippen molar-refractivity contribution in [1.29, 1.82) is 0 Å². The molecule has 10 heteroatoms. The maximum absolute atomic E-state index is 12.5. The lowest BCUT2D eigenvalue weighted by Gasteiger charge is -2.16. The van der Waals surface area contributed by atoms with Crippen LogP contribution in [-0.4, -0.2) is 34.1 Å². The molecule has 0 unspecified atom stereocenters. The standard InChI is InChI=1S/C13H15F3O6S/c1-4-5-8-6-9(12(17)21-3)7-10(20-2)11(8)22-23(18,19)13(14,15)16/h6-7H,4-5H2,1-3H3. The van der Waals surface area contributed by atoms with E-state index in [0.717, 1.165) is 20.3 Å². The number of hydrogen-bond acceptors (Lipinski definition) is 6. The number of methoxy groups -OCH3 is 2. The summed E-state index contributed by atoms with van der Waals surface area (Å²) in [6.07, 6.45) is 0.639. The maximum atomic E-state index is 12.5. The van der Waals surface area contributed by atoms with E-state index in [9.17, 15) is 26.4 Å². The summed E-state index contributed by atoms with van der Waals surface area (Å²) in [6.45, 7) is 1.72. The Morgan fingerprint density at radius 1 is 1.22 bits per heavy atom. The predicted molar refractivity (Wildman–Crippen MR) is 73.9 cm³/mol. The fourth-order valence-electron chi connectivity index (χ4n) is 1.75. The van der Waals surface area contributed by atoms with Crippen molar-refractivity contribution < 1.29 is 40.0 Å². The largest absolute Gasteiger partial charge is 0.534 e. The first kappa shape index (κ1) is 19.1. The van der Waals surface area contributed by atoms with Crippen LogP contribution in [0.3, 0.4) is 0 Å². The van der Waals surface area contributed by atoms with Crippen LogP contribution in [0.4, 0.5) is 13.2 Å². The van der Waals surface area contributed by atoms with E-state index in [1.165, 1.54) is 6.07 Å². The van der Waals surface area contributed by atoms with Gasteiger partial charge < -0.3 is 13.7 Å². The molecule has 0 spiro atoms. The smallest absolute Gasteiger partial charge is 0.493 e. The molecular weight excluding hydrogens is 341 g/mol. The van der Waals surface area contributed by atoms with E-state index < -0.39 is 27.3 Å². The summed E-state index contributed by atoms with van der Waals surface area (Å²) in [5, 5.41) is 0. The molecule has 0 saturated heterocycles. The molecule has 23 heavy (non-hydrogen) atoms. The first-order valence-electron chi connectivity index (χ1n) is 6.37. The molecule has 0 N–H and O–H groups in total. The van der Waals surface area contributed by atoms with Gasteiger partial charge in [0.2, 0.25) is 0 Å².